The molecule has 0 atom stereocenters. The van der Waals surface area contributed by atoms with Gasteiger partial charge in [0.15, 0.2) is 0 Å². The zero-order chi connectivity index (χ0) is 9.42. The predicted octanol–water partition coefficient (Wildman–Crippen LogP) is 1.13. The van der Waals surface area contributed by atoms with Crippen LogP contribution in [0.1, 0.15) is 0 Å². The first-order valence-electron chi connectivity index (χ1n) is 3.49. The molecule has 0 aliphatic rings. The first kappa shape index (κ1) is 8.07. The zero-order valence-corrected chi connectivity index (χ0v) is 7.09. The number of hydrogen-bond acceptors (Lipinski definition) is 3. The lowest BCUT2D eigenvalue weighted by atomic mass is 10.2. The number of benzene rings is 1. The molecule has 0 aliphatic carbocycles. The number of aromatic nitrogens is 1. The molecular weight excluding hydrogens is 194 g/mol. The van der Waals surface area contributed by atoms with Gasteiger partial charge in [-0.1, -0.05) is 11.6 Å². The van der Waals surface area contributed by atoms with Crippen molar-refractivity contribution in [3.63, 3.8) is 0 Å². The fourth-order valence-corrected chi connectivity index (χ4v) is 1.23. The monoisotopic (exact) mass is 197 g/mol. The Morgan fingerprint density at radius 1 is 1.31 bits per heavy atom. The van der Waals surface area contributed by atoms with Crippen molar-refractivity contribution in [2.75, 3.05) is 0 Å². The summed E-state index contributed by atoms with van der Waals surface area (Å²) in [6.07, 6.45) is 0. The van der Waals surface area contributed by atoms with Gasteiger partial charge in [-0.25, -0.2) is 9.95 Å². The summed E-state index contributed by atoms with van der Waals surface area (Å²) in [4.78, 5) is 21.9. The van der Waals surface area contributed by atoms with Crippen molar-refractivity contribution in [3.8, 4) is 0 Å². The van der Waals surface area contributed by atoms with E-state index in [2.05, 4.69) is 9.68 Å². The van der Waals surface area contributed by atoms with Gasteiger partial charge in [0.25, 0.3) is 5.43 Å². The molecule has 0 saturated heterocycles. The van der Waals surface area contributed by atoms with Gasteiger partial charge in [0.05, 0.1) is 10.9 Å². The maximum atomic E-state index is 11.2. The van der Waals surface area contributed by atoms with Crippen molar-refractivity contribution in [2.24, 2.45) is 0 Å². The van der Waals surface area contributed by atoms with E-state index in [1.54, 1.807) is 6.07 Å². The van der Waals surface area contributed by atoms with Crippen molar-refractivity contribution in [2.45, 2.75) is 0 Å². The molecule has 0 saturated carbocycles. The van der Waals surface area contributed by atoms with Crippen molar-refractivity contribution >= 4 is 22.5 Å². The molecular formula is C8H4ClNO3. The van der Waals surface area contributed by atoms with Gasteiger partial charge in [-0.2, -0.15) is 0 Å². The number of aromatic amines is 1. The van der Waals surface area contributed by atoms with Crippen LogP contribution in [0.5, 0.6) is 0 Å². The highest BCUT2D eigenvalue weighted by atomic mass is 35.5. The lowest BCUT2D eigenvalue weighted by molar-refractivity contribution is 0.378. The lowest BCUT2D eigenvalue weighted by Gasteiger charge is -1.94. The summed E-state index contributed by atoms with van der Waals surface area (Å²) < 4.78 is 4.37. The SMILES string of the molecule is O=c1o[nH]c2cc(Cl)ccc2c1=O. The number of fused-ring (bicyclic) bond motifs is 1. The zero-order valence-electron chi connectivity index (χ0n) is 6.33. The second-order valence-corrected chi connectivity index (χ2v) is 2.95. The Balaban J connectivity index is 3.04. The van der Waals surface area contributed by atoms with Gasteiger partial charge < -0.3 is 4.52 Å². The highest BCUT2D eigenvalue weighted by Crippen LogP contribution is 2.13. The average molecular weight is 198 g/mol. The first-order valence-corrected chi connectivity index (χ1v) is 3.87. The predicted molar refractivity (Wildman–Crippen MR) is 48.1 cm³/mol. The number of halogens is 1. The maximum absolute atomic E-state index is 11.2. The highest BCUT2D eigenvalue weighted by Gasteiger charge is 2.03. The van der Waals surface area contributed by atoms with Crippen LogP contribution < -0.4 is 11.1 Å². The van der Waals surface area contributed by atoms with Crippen molar-refractivity contribution in [3.05, 3.63) is 43.9 Å². The molecule has 1 aromatic heterocycles. The normalized spacial score (nSPS) is 10.5. The number of H-pyrrole nitrogens is 1. The van der Waals surface area contributed by atoms with Gasteiger partial charge >= 0.3 is 5.63 Å². The Morgan fingerprint density at radius 2 is 2.08 bits per heavy atom. The summed E-state index contributed by atoms with van der Waals surface area (Å²) in [5.41, 5.74) is -1.16. The van der Waals surface area contributed by atoms with Crippen molar-refractivity contribution in [1.29, 1.82) is 0 Å². The van der Waals surface area contributed by atoms with E-state index < -0.39 is 11.1 Å². The first-order chi connectivity index (χ1) is 6.18. The van der Waals surface area contributed by atoms with Gasteiger partial charge in [-0.15, -0.1) is 0 Å². The molecule has 1 N–H and O–H groups in total. The summed E-state index contributed by atoms with van der Waals surface area (Å²) >= 11 is 5.67. The summed E-state index contributed by atoms with van der Waals surface area (Å²) in [6.45, 7) is 0. The van der Waals surface area contributed by atoms with Crippen LogP contribution in [-0.4, -0.2) is 5.16 Å². The van der Waals surface area contributed by atoms with E-state index in [1.165, 1.54) is 12.1 Å². The van der Waals surface area contributed by atoms with Gasteiger partial charge in [0, 0.05) is 5.02 Å². The molecule has 66 valence electrons. The maximum Gasteiger partial charge on any atom is 0.403 e. The third-order valence-electron chi connectivity index (χ3n) is 1.67. The molecule has 1 aromatic carbocycles. The fourth-order valence-electron chi connectivity index (χ4n) is 1.06. The molecule has 4 nitrogen and oxygen atoms in total. The highest BCUT2D eigenvalue weighted by molar-refractivity contribution is 6.31. The lowest BCUT2D eigenvalue weighted by Crippen LogP contribution is -2.23. The third kappa shape index (κ3) is 1.25. The standard InChI is InChI=1S/C8H4ClNO3/c9-4-1-2-5-6(3-4)10-13-8(12)7(5)11/h1-3,10H. The summed E-state index contributed by atoms with van der Waals surface area (Å²) in [5.74, 6) is 0. The van der Waals surface area contributed by atoms with Crippen LogP contribution in [0, 0.1) is 0 Å². The van der Waals surface area contributed by atoms with E-state index in [9.17, 15) is 9.59 Å². The van der Waals surface area contributed by atoms with E-state index in [0.29, 0.717) is 10.5 Å². The summed E-state index contributed by atoms with van der Waals surface area (Å²) in [5, 5.41) is 3.08. The molecule has 0 fully saturated rings. The molecule has 0 bridgehead atoms. The van der Waals surface area contributed by atoms with Crippen LogP contribution in [0.25, 0.3) is 10.9 Å². The molecule has 0 radical (unpaired) electrons. The quantitative estimate of drug-likeness (QED) is 0.644. The number of rotatable bonds is 0. The minimum absolute atomic E-state index is 0.278. The van der Waals surface area contributed by atoms with Gasteiger partial charge in [-0.05, 0) is 18.2 Å². The molecule has 5 heteroatoms. The minimum Gasteiger partial charge on any atom is -0.335 e. The average Bonchev–Trinajstić information content (AvgIpc) is 2.12. The van der Waals surface area contributed by atoms with Crippen LogP contribution in [0.4, 0.5) is 0 Å². The molecule has 2 aromatic rings. The Hall–Kier alpha value is -1.55. The van der Waals surface area contributed by atoms with Crippen molar-refractivity contribution < 1.29 is 4.52 Å². The molecule has 0 unspecified atom stereocenters. The molecule has 1 heterocycles. The van der Waals surface area contributed by atoms with E-state index in [4.69, 9.17) is 11.6 Å². The third-order valence-corrected chi connectivity index (χ3v) is 1.90. The Bertz CT molecular complexity index is 569. The Kier molecular flexibility index (Phi) is 1.70. The number of nitrogens with one attached hydrogen (secondary N) is 1. The minimum atomic E-state index is -0.908. The van der Waals surface area contributed by atoms with Crippen LogP contribution in [-0.2, 0) is 0 Å². The summed E-state index contributed by atoms with van der Waals surface area (Å²) in [7, 11) is 0. The Labute approximate surface area is 76.7 Å². The van der Waals surface area contributed by atoms with E-state index in [1.807, 2.05) is 0 Å². The van der Waals surface area contributed by atoms with Gasteiger partial charge in [-0.3, -0.25) is 4.79 Å². The molecule has 0 amide bonds. The van der Waals surface area contributed by atoms with Gasteiger partial charge in [0.1, 0.15) is 0 Å². The molecule has 0 aliphatic heterocycles. The molecule has 0 spiro atoms. The van der Waals surface area contributed by atoms with Crippen LogP contribution in [0.2, 0.25) is 5.02 Å². The van der Waals surface area contributed by atoms with Crippen LogP contribution in [0.15, 0.2) is 32.3 Å². The van der Waals surface area contributed by atoms with E-state index in [0.717, 1.165) is 0 Å². The topological polar surface area (TPSA) is 63.1 Å². The van der Waals surface area contributed by atoms with E-state index in [-0.39, 0.29) is 5.39 Å². The second kappa shape index (κ2) is 2.74. The largest absolute Gasteiger partial charge is 0.403 e. The van der Waals surface area contributed by atoms with Crippen molar-refractivity contribution in [1.82, 2.24) is 5.16 Å². The fraction of sp³-hybridized carbons (Fsp3) is 0. The summed E-state index contributed by atoms with van der Waals surface area (Å²) in [6, 6.07) is 4.53. The van der Waals surface area contributed by atoms with Crippen LogP contribution in [0.3, 0.4) is 0 Å². The van der Waals surface area contributed by atoms with Crippen LogP contribution >= 0.6 is 11.6 Å². The Morgan fingerprint density at radius 3 is 2.85 bits per heavy atom. The smallest absolute Gasteiger partial charge is 0.335 e. The molecule has 2 rings (SSSR count). The second-order valence-electron chi connectivity index (χ2n) is 2.51. The van der Waals surface area contributed by atoms with E-state index >= 15 is 0 Å². The number of hydrogen-bond donors (Lipinski definition) is 1. The van der Waals surface area contributed by atoms with Gasteiger partial charge in [0.2, 0.25) is 0 Å². The molecule has 13 heavy (non-hydrogen) atoms.